The van der Waals surface area contributed by atoms with Crippen molar-refractivity contribution in [2.75, 3.05) is 5.32 Å². The third-order valence-electron chi connectivity index (χ3n) is 3.54. The van der Waals surface area contributed by atoms with Crippen molar-refractivity contribution in [2.45, 2.75) is 57.2 Å². The highest BCUT2D eigenvalue weighted by atomic mass is 19.4. The van der Waals surface area contributed by atoms with E-state index in [1.807, 2.05) is 0 Å². The zero-order valence-electron chi connectivity index (χ0n) is 10.8. The summed E-state index contributed by atoms with van der Waals surface area (Å²) in [6.45, 7) is 0. The highest BCUT2D eigenvalue weighted by molar-refractivity contribution is 5.39. The predicted octanol–water partition coefficient (Wildman–Crippen LogP) is 4.63. The Labute approximate surface area is 111 Å². The number of aromatic nitrogens is 1. The van der Waals surface area contributed by atoms with Crippen LogP contribution in [0.3, 0.4) is 0 Å². The Balaban J connectivity index is 2.01. The molecule has 0 unspecified atom stereocenters. The van der Waals surface area contributed by atoms with Gasteiger partial charge in [0.05, 0.1) is 5.56 Å². The van der Waals surface area contributed by atoms with E-state index in [0.29, 0.717) is 5.82 Å². The first-order valence-corrected chi connectivity index (χ1v) is 6.85. The Kier molecular flexibility index (Phi) is 4.66. The van der Waals surface area contributed by atoms with Crippen LogP contribution in [-0.4, -0.2) is 11.0 Å². The molecule has 106 valence electrons. The number of hydrogen-bond acceptors (Lipinski definition) is 2. The quantitative estimate of drug-likeness (QED) is 0.849. The molecule has 2 rings (SSSR count). The van der Waals surface area contributed by atoms with Crippen molar-refractivity contribution < 1.29 is 13.2 Å². The Morgan fingerprint density at radius 2 is 1.68 bits per heavy atom. The molecule has 19 heavy (non-hydrogen) atoms. The van der Waals surface area contributed by atoms with Crippen LogP contribution in [0.25, 0.3) is 0 Å². The van der Waals surface area contributed by atoms with Crippen LogP contribution in [0.2, 0.25) is 0 Å². The van der Waals surface area contributed by atoms with Gasteiger partial charge in [0.15, 0.2) is 0 Å². The number of alkyl halides is 3. The fraction of sp³-hybridized carbons (Fsp3) is 0.643. The van der Waals surface area contributed by atoms with E-state index in [1.54, 1.807) is 0 Å². The summed E-state index contributed by atoms with van der Waals surface area (Å²) < 4.78 is 37.8. The molecule has 1 aromatic rings. The van der Waals surface area contributed by atoms with Crippen molar-refractivity contribution in [1.82, 2.24) is 4.98 Å². The van der Waals surface area contributed by atoms with Gasteiger partial charge in [-0.15, -0.1) is 0 Å². The van der Waals surface area contributed by atoms with Crippen LogP contribution >= 0.6 is 0 Å². The van der Waals surface area contributed by atoms with Gasteiger partial charge in [0.1, 0.15) is 5.82 Å². The first-order chi connectivity index (χ1) is 9.05. The minimum atomic E-state index is -4.31. The van der Waals surface area contributed by atoms with Crippen LogP contribution in [0.5, 0.6) is 0 Å². The molecule has 1 aliphatic rings. The highest BCUT2D eigenvalue weighted by Gasteiger charge is 2.30. The molecule has 5 heteroatoms. The summed E-state index contributed by atoms with van der Waals surface area (Å²) in [6.07, 6.45) is 4.91. The molecule has 1 aliphatic carbocycles. The lowest BCUT2D eigenvalue weighted by molar-refractivity contribution is -0.137. The van der Waals surface area contributed by atoms with Crippen LogP contribution < -0.4 is 5.32 Å². The maximum Gasteiger partial charge on any atom is 0.416 e. The number of halogens is 3. The topological polar surface area (TPSA) is 24.9 Å². The first kappa shape index (κ1) is 14.2. The van der Waals surface area contributed by atoms with Crippen LogP contribution in [0, 0.1) is 0 Å². The second-order valence-electron chi connectivity index (χ2n) is 5.11. The van der Waals surface area contributed by atoms with Gasteiger partial charge in [-0.05, 0) is 25.0 Å². The number of pyridine rings is 1. The molecule has 0 radical (unpaired) electrons. The maximum atomic E-state index is 12.6. The Hall–Kier alpha value is -1.26. The normalized spacial score (nSPS) is 18.7. The van der Waals surface area contributed by atoms with Gasteiger partial charge < -0.3 is 5.32 Å². The summed E-state index contributed by atoms with van der Waals surface area (Å²) in [4.78, 5) is 3.99. The molecule has 0 spiro atoms. The largest absolute Gasteiger partial charge is 0.416 e. The summed E-state index contributed by atoms with van der Waals surface area (Å²) in [5, 5.41) is 3.15. The van der Waals surface area contributed by atoms with Gasteiger partial charge >= 0.3 is 6.18 Å². The highest BCUT2D eigenvalue weighted by Crippen LogP contribution is 2.30. The first-order valence-electron chi connectivity index (χ1n) is 6.85. The van der Waals surface area contributed by atoms with Crippen LogP contribution in [-0.2, 0) is 6.18 Å². The fourth-order valence-corrected chi connectivity index (χ4v) is 2.50. The molecule has 1 fully saturated rings. The summed E-state index contributed by atoms with van der Waals surface area (Å²) in [5.41, 5.74) is -0.643. The average molecular weight is 272 g/mol. The summed E-state index contributed by atoms with van der Waals surface area (Å²) in [7, 11) is 0. The maximum absolute atomic E-state index is 12.6. The lowest BCUT2D eigenvalue weighted by atomic mass is 9.97. The van der Waals surface area contributed by atoms with Crippen molar-refractivity contribution in [3.63, 3.8) is 0 Å². The van der Waals surface area contributed by atoms with E-state index in [2.05, 4.69) is 10.3 Å². The molecule has 2 nitrogen and oxygen atoms in total. The standard InChI is InChI=1S/C14H19F3N2/c15-14(16,17)11-8-9-18-13(10-11)19-12-6-4-2-1-3-5-7-12/h8-10,12H,1-7H2,(H,18,19). The van der Waals surface area contributed by atoms with Gasteiger partial charge in [-0.2, -0.15) is 13.2 Å². The minimum absolute atomic E-state index is 0.247. The van der Waals surface area contributed by atoms with Crippen molar-refractivity contribution in [2.24, 2.45) is 0 Å². The molecule has 0 aromatic carbocycles. The third kappa shape index (κ3) is 4.40. The van der Waals surface area contributed by atoms with Gasteiger partial charge in [-0.3, -0.25) is 0 Å². The molecule has 0 amide bonds. The molecule has 1 aromatic heterocycles. The van der Waals surface area contributed by atoms with Crippen molar-refractivity contribution >= 4 is 5.82 Å². The Morgan fingerprint density at radius 3 is 2.32 bits per heavy atom. The van der Waals surface area contributed by atoms with Crippen molar-refractivity contribution in [3.8, 4) is 0 Å². The molecular formula is C14H19F3N2. The molecule has 1 saturated carbocycles. The van der Waals surface area contributed by atoms with Gasteiger partial charge in [-0.25, -0.2) is 4.98 Å². The van der Waals surface area contributed by atoms with E-state index in [-0.39, 0.29) is 6.04 Å². The average Bonchev–Trinajstić information content (AvgIpc) is 2.32. The number of anilines is 1. The molecular weight excluding hydrogens is 253 g/mol. The van der Waals surface area contributed by atoms with Gasteiger partial charge in [-0.1, -0.05) is 32.1 Å². The molecule has 0 saturated heterocycles. The number of hydrogen-bond donors (Lipinski definition) is 1. The van der Waals surface area contributed by atoms with E-state index >= 15 is 0 Å². The molecule has 0 bridgehead atoms. The molecule has 0 atom stereocenters. The summed E-state index contributed by atoms with van der Waals surface area (Å²) in [5.74, 6) is 0.334. The second kappa shape index (κ2) is 6.26. The lowest BCUT2D eigenvalue weighted by Crippen LogP contribution is -2.21. The third-order valence-corrected chi connectivity index (χ3v) is 3.54. The minimum Gasteiger partial charge on any atom is -0.367 e. The van der Waals surface area contributed by atoms with Gasteiger partial charge in [0, 0.05) is 12.2 Å². The predicted molar refractivity (Wildman–Crippen MR) is 69.0 cm³/mol. The monoisotopic (exact) mass is 272 g/mol. The van der Waals surface area contributed by atoms with Crippen LogP contribution in [0.4, 0.5) is 19.0 Å². The zero-order chi connectivity index (χ0) is 13.7. The number of rotatable bonds is 2. The van der Waals surface area contributed by atoms with E-state index in [9.17, 15) is 13.2 Å². The van der Waals surface area contributed by atoms with E-state index in [4.69, 9.17) is 0 Å². The second-order valence-corrected chi connectivity index (χ2v) is 5.11. The van der Waals surface area contributed by atoms with Gasteiger partial charge in [0.2, 0.25) is 0 Å². The zero-order valence-corrected chi connectivity index (χ0v) is 10.8. The molecule has 0 aliphatic heterocycles. The smallest absolute Gasteiger partial charge is 0.367 e. The number of nitrogens with zero attached hydrogens (tertiary/aromatic N) is 1. The summed E-state index contributed by atoms with van der Waals surface area (Å²) in [6, 6.07) is 2.35. The van der Waals surface area contributed by atoms with Crippen LogP contribution in [0.1, 0.15) is 50.5 Å². The lowest BCUT2D eigenvalue weighted by Gasteiger charge is -2.21. The number of nitrogens with one attached hydrogen (secondary N) is 1. The van der Waals surface area contributed by atoms with Crippen molar-refractivity contribution in [1.29, 1.82) is 0 Å². The van der Waals surface area contributed by atoms with E-state index in [0.717, 1.165) is 37.8 Å². The van der Waals surface area contributed by atoms with Gasteiger partial charge in [0.25, 0.3) is 0 Å². The molecule has 1 N–H and O–H groups in total. The Morgan fingerprint density at radius 1 is 1.05 bits per heavy atom. The fourth-order valence-electron chi connectivity index (χ4n) is 2.50. The Bertz CT molecular complexity index is 396. The molecule has 1 heterocycles. The van der Waals surface area contributed by atoms with Crippen molar-refractivity contribution in [3.05, 3.63) is 23.9 Å². The van der Waals surface area contributed by atoms with E-state index < -0.39 is 11.7 Å². The van der Waals surface area contributed by atoms with Crippen LogP contribution in [0.15, 0.2) is 18.3 Å². The summed E-state index contributed by atoms with van der Waals surface area (Å²) >= 11 is 0. The van der Waals surface area contributed by atoms with E-state index in [1.165, 1.54) is 25.5 Å². The SMILES string of the molecule is FC(F)(F)c1ccnc(NC2CCCCCCC2)c1.